The van der Waals surface area contributed by atoms with Gasteiger partial charge in [-0.2, -0.15) is 0 Å². The standard InChI is InChI=1S/C16H15BrClN3O3S/c1-8(19-16(24)13-5-6-14(17)25-13)15(23)21-12-7-10(20-9(2)22)3-4-11(12)18/h3-8H,1-2H3,(H,19,24)(H,20,22)(H,21,23). The molecule has 0 fully saturated rings. The summed E-state index contributed by atoms with van der Waals surface area (Å²) in [5, 5.41) is 8.20. The van der Waals surface area contributed by atoms with E-state index in [1.807, 2.05) is 0 Å². The monoisotopic (exact) mass is 443 g/mol. The van der Waals surface area contributed by atoms with Crippen LogP contribution in [0.25, 0.3) is 0 Å². The molecule has 0 saturated heterocycles. The molecular weight excluding hydrogens is 430 g/mol. The molecule has 1 heterocycles. The van der Waals surface area contributed by atoms with Crippen LogP contribution in [0.2, 0.25) is 5.02 Å². The van der Waals surface area contributed by atoms with Crippen LogP contribution < -0.4 is 16.0 Å². The Labute approximate surface area is 162 Å². The molecule has 3 amide bonds. The van der Waals surface area contributed by atoms with Crippen molar-refractivity contribution in [1.82, 2.24) is 5.32 Å². The molecule has 0 aliphatic rings. The third-order valence-corrected chi connectivity index (χ3v) is 5.03. The Morgan fingerprint density at radius 3 is 2.48 bits per heavy atom. The SMILES string of the molecule is CC(=O)Nc1ccc(Cl)c(NC(=O)C(C)NC(=O)c2ccc(Br)s2)c1. The molecule has 9 heteroatoms. The third kappa shape index (κ3) is 5.55. The Kier molecular flexibility index (Phi) is 6.57. The Morgan fingerprint density at radius 2 is 1.88 bits per heavy atom. The van der Waals surface area contributed by atoms with Crippen LogP contribution in [0.15, 0.2) is 34.1 Å². The fourth-order valence-electron chi connectivity index (χ4n) is 1.91. The van der Waals surface area contributed by atoms with Gasteiger partial charge in [0.15, 0.2) is 0 Å². The van der Waals surface area contributed by atoms with Crippen molar-refractivity contribution in [3.05, 3.63) is 44.0 Å². The lowest BCUT2D eigenvalue weighted by Gasteiger charge is -2.15. The van der Waals surface area contributed by atoms with Crippen molar-refractivity contribution < 1.29 is 14.4 Å². The summed E-state index contributed by atoms with van der Waals surface area (Å²) in [6, 6.07) is 7.40. The molecule has 2 rings (SSSR count). The van der Waals surface area contributed by atoms with E-state index in [9.17, 15) is 14.4 Å². The number of carbonyl (C=O) groups excluding carboxylic acids is 3. The van der Waals surface area contributed by atoms with Crippen molar-refractivity contribution in [1.29, 1.82) is 0 Å². The van der Waals surface area contributed by atoms with Gasteiger partial charge in [-0.3, -0.25) is 14.4 Å². The van der Waals surface area contributed by atoms with E-state index in [1.54, 1.807) is 37.3 Å². The highest BCUT2D eigenvalue weighted by Gasteiger charge is 2.19. The first kappa shape index (κ1) is 19.4. The van der Waals surface area contributed by atoms with E-state index < -0.39 is 11.9 Å². The average molecular weight is 445 g/mol. The molecule has 0 bridgehead atoms. The molecule has 1 atom stereocenters. The zero-order valence-corrected chi connectivity index (χ0v) is 16.5. The molecule has 132 valence electrons. The van der Waals surface area contributed by atoms with Crippen molar-refractivity contribution in [3.63, 3.8) is 0 Å². The highest BCUT2D eigenvalue weighted by Crippen LogP contribution is 2.26. The molecule has 0 saturated carbocycles. The molecule has 1 unspecified atom stereocenters. The molecule has 25 heavy (non-hydrogen) atoms. The van der Waals surface area contributed by atoms with E-state index in [-0.39, 0.29) is 11.8 Å². The topological polar surface area (TPSA) is 87.3 Å². The van der Waals surface area contributed by atoms with Crippen molar-refractivity contribution in [2.24, 2.45) is 0 Å². The van der Waals surface area contributed by atoms with Crippen LogP contribution in [0.3, 0.4) is 0 Å². The molecule has 0 spiro atoms. The lowest BCUT2D eigenvalue weighted by molar-refractivity contribution is -0.117. The zero-order valence-electron chi connectivity index (χ0n) is 13.4. The summed E-state index contributed by atoms with van der Waals surface area (Å²) < 4.78 is 0.830. The summed E-state index contributed by atoms with van der Waals surface area (Å²) in [6.45, 7) is 2.95. The fraction of sp³-hybridized carbons (Fsp3) is 0.188. The van der Waals surface area contributed by atoms with Gasteiger partial charge in [-0.25, -0.2) is 0 Å². The lowest BCUT2D eigenvalue weighted by Crippen LogP contribution is -2.41. The number of anilines is 2. The predicted octanol–water partition coefficient (Wildman–Crippen LogP) is 3.88. The molecule has 2 aromatic rings. The average Bonchev–Trinajstić information content (AvgIpc) is 2.96. The van der Waals surface area contributed by atoms with Crippen LogP contribution in [-0.4, -0.2) is 23.8 Å². The van der Waals surface area contributed by atoms with E-state index in [1.165, 1.54) is 18.3 Å². The molecule has 6 nitrogen and oxygen atoms in total. The second-order valence-electron chi connectivity index (χ2n) is 5.16. The Bertz CT molecular complexity index is 825. The minimum absolute atomic E-state index is 0.234. The quantitative estimate of drug-likeness (QED) is 0.654. The summed E-state index contributed by atoms with van der Waals surface area (Å²) in [5.74, 6) is -0.996. The lowest BCUT2D eigenvalue weighted by atomic mass is 10.2. The van der Waals surface area contributed by atoms with E-state index in [0.29, 0.717) is 21.3 Å². The van der Waals surface area contributed by atoms with Gasteiger partial charge in [0.1, 0.15) is 6.04 Å². The van der Waals surface area contributed by atoms with Crippen LogP contribution >= 0.6 is 38.9 Å². The van der Waals surface area contributed by atoms with Crippen LogP contribution in [0.5, 0.6) is 0 Å². The number of hydrogen-bond acceptors (Lipinski definition) is 4. The van der Waals surface area contributed by atoms with Crippen molar-refractivity contribution in [2.75, 3.05) is 10.6 Å². The third-order valence-electron chi connectivity index (χ3n) is 3.08. The maximum absolute atomic E-state index is 12.3. The van der Waals surface area contributed by atoms with Crippen LogP contribution in [0.4, 0.5) is 11.4 Å². The second-order valence-corrected chi connectivity index (χ2v) is 8.03. The van der Waals surface area contributed by atoms with Gasteiger partial charge < -0.3 is 16.0 Å². The fourth-order valence-corrected chi connectivity index (χ4v) is 3.37. The molecular formula is C16H15BrClN3O3S. The largest absolute Gasteiger partial charge is 0.340 e. The van der Waals surface area contributed by atoms with Gasteiger partial charge in [0, 0.05) is 12.6 Å². The van der Waals surface area contributed by atoms with Crippen LogP contribution in [0.1, 0.15) is 23.5 Å². The van der Waals surface area contributed by atoms with Crippen LogP contribution in [0, 0.1) is 0 Å². The Morgan fingerprint density at radius 1 is 1.16 bits per heavy atom. The van der Waals surface area contributed by atoms with E-state index in [2.05, 4.69) is 31.9 Å². The summed E-state index contributed by atoms with van der Waals surface area (Å²) in [6.07, 6.45) is 0. The summed E-state index contributed by atoms with van der Waals surface area (Å²) in [7, 11) is 0. The molecule has 1 aromatic heterocycles. The van der Waals surface area contributed by atoms with Gasteiger partial charge in [0.25, 0.3) is 5.91 Å². The van der Waals surface area contributed by atoms with E-state index in [0.717, 1.165) is 3.79 Å². The first-order valence-corrected chi connectivity index (χ1v) is 9.19. The molecule has 1 aromatic carbocycles. The molecule has 3 N–H and O–H groups in total. The Balaban J connectivity index is 2.03. The van der Waals surface area contributed by atoms with Gasteiger partial charge in [-0.15, -0.1) is 11.3 Å². The molecule has 0 aliphatic heterocycles. The second kappa shape index (κ2) is 8.46. The van der Waals surface area contributed by atoms with E-state index in [4.69, 9.17) is 11.6 Å². The molecule has 0 aliphatic carbocycles. The highest BCUT2D eigenvalue weighted by molar-refractivity contribution is 9.11. The summed E-state index contributed by atoms with van der Waals surface area (Å²) in [5.41, 5.74) is 0.852. The minimum Gasteiger partial charge on any atom is -0.340 e. The van der Waals surface area contributed by atoms with Gasteiger partial charge >= 0.3 is 0 Å². The predicted molar refractivity (Wildman–Crippen MR) is 103 cm³/mol. The summed E-state index contributed by atoms with van der Waals surface area (Å²) >= 11 is 10.6. The van der Waals surface area contributed by atoms with Gasteiger partial charge in [-0.1, -0.05) is 11.6 Å². The maximum atomic E-state index is 12.3. The van der Waals surface area contributed by atoms with E-state index >= 15 is 0 Å². The van der Waals surface area contributed by atoms with Crippen molar-refractivity contribution in [2.45, 2.75) is 19.9 Å². The Hall–Kier alpha value is -1.90. The normalized spacial score (nSPS) is 11.5. The minimum atomic E-state index is -0.770. The number of benzene rings is 1. The van der Waals surface area contributed by atoms with Crippen molar-refractivity contribution in [3.8, 4) is 0 Å². The van der Waals surface area contributed by atoms with Gasteiger partial charge in [0.2, 0.25) is 11.8 Å². The first-order valence-electron chi connectivity index (χ1n) is 7.20. The van der Waals surface area contributed by atoms with Crippen molar-refractivity contribution >= 4 is 68.0 Å². The van der Waals surface area contributed by atoms with Crippen LogP contribution in [-0.2, 0) is 9.59 Å². The number of carbonyl (C=O) groups is 3. The molecule has 0 radical (unpaired) electrons. The summed E-state index contributed by atoms with van der Waals surface area (Å²) in [4.78, 5) is 36.0. The first-order chi connectivity index (χ1) is 11.8. The number of rotatable bonds is 5. The smallest absolute Gasteiger partial charge is 0.262 e. The number of thiophene rings is 1. The number of nitrogens with one attached hydrogen (secondary N) is 3. The van der Waals surface area contributed by atoms with Gasteiger partial charge in [-0.05, 0) is 53.2 Å². The van der Waals surface area contributed by atoms with Gasteiger partial charge in [0.05, 0.1) is 19.4 Å². The number of hydrogen-bond donors (Lipinski definition) is 3. The highest BCUT2D eigenvalue weighted by atomic mass is 79.9. The maximum Gasteiger partial charge on any atom is 0.262 e. The number of amides is 3. The number of halogens is 2. The zero-order chi connectivity index (χ0) is 18.6.